The first-order valence-corrected chi connectivity index (χ1v) is 14.3. The summed E-state index contributed by atoms with van der Waals surface area (Å²) in [5, 5.41) is 14.7. The van der Waals surface area contributed by atoms with Gasteiger partial charge in [0.25, 0.3) is 5.69 Å². The minimum Gasteiger partial charge on any atom is -0.495 e. The standard InChI is InChI=1S/C25H33ClN4O7S/c1-5-7-14-27-25(32)21(6-2)28(16-18-8-10-19(26)11-9-18)24(31)17-29(38(4,35)36)22-15-20(30(33)34)12-13-23(22)37-3/h8-13,15,21H,5-7,14,16-17H2,1-4H3,(H,27,32)/t21-/m1/s1. The van der Waals surface area contributed by atoms with E-state index in [4.69, 9.17) is 16.3 Å². The van der Waals surface area contributed by atoms with E-state index in [9.17, 15) is 28.1 Å². The molecule has 0 saturated heterocycles. The lowest BCUT2D eigenvalue weighted by Gasteiger charge is -2.33. The van der Waals surface area contributed by atoms with Crippen LogP contribution in [0, 0.1) is 10.1 Å². The molecule has 38 heavy (non-hydrogen) atoms. The molecule has 2 amide bonds. The van der Waals surface area contributed by atoms with Gasteiger partial charge in [-0.25, -0.2) is 8.42 Å². The van der Waals surface area contributed by atoms with E-state index in [1.54, 1.807) is 31.2 Å². The van der Waals surface area contributed by atoms with Crippen molar-refractivity contribution in [3.63, 3.8) is 0 Å². The van der Waals surface area contributed by atoms with Crippen molar-refractivity contribution in [3.8, 4) is 5.75 Å². The number of anilines is 1. The summed E-state index contributed by atoms with van der Waals surface area (Å²) in [5.74, 6) is -0.999. The minimum absolute atomic E-state index is 0.0133. The predicted molar refractivity (Wildman–Crippen MR) is 146 cm³/mol. The molecule has 2 aromatic carbocycles. The molecule has 0 bridgehead atoms. The van der Waals surface area contributed by atoms with E-state index < -0.39 is 33.4 Å². The zero-order valence-electron chi connectivity index (χ0n) is 21.8. The Morgan fingerprint density at radius 1 is 1.16 bits per heavy atom. The molecule has 13 heteroatoms. The summed E-state index contributed by atoms with van der Waals surface area (Å²) in [5.41, 5.74) is 0.146. The molecule has 0 spiro atoms. The molecule has 11 nitrogen and oxygen atoms in total. The van der Waals surface area contributed by atoms with Crippen LogP contribution >= 0.6 is 11.6 Å². The van der Waals surface area contributed by atoms with Gasteiger partial charge in [0.1, 0.15) is 24.0 Å². The Balaban J connectivity index is 2.52. The highest BCUT2D eigenvalue weighted by molar-refractivity contribution is 7.92. The zero-order chi connectivity index (χ0) is 28.5. The van der Waals surface area contributed by atoms with Crippen LogP contribution in [0.5, 0.6) is 5.75 Å². The zero-order valence-corrected chi connectivity index (χ0v) is 23.4. The smallest absolute Gasteiger partial charge is 0.271 e. The summed E-state index contributed by atoms with van der Waals surface area (Å²) in [4.78, 5) is 38.8. The van der Waals surface area contributed by atoms with E-state index in [2.05, 4.69) is 5.32 Å². The highest BCUT2D eigenvalue weighted by Gasteiger charge is 2.33. The van der Waals surface area contributed by atoms with Crippen molar-refractivity contribution in [2.75, 3.05) is 30.8 Å². The SMILES string of the molecule is CCCCNC(=O)[C@@H](CC)N(Cc1ccc(Cl)cc1)C(=O)CN(c1cc([N+](=O)[O-])ccc1OC)S(C)(=O)=O. The Kier molecular flexibility index (Phi) is 11.3. The first-order chi connectivity index (χ1) is 17.9. The minimum atomic E-state index is -4.11. The van der Waals surface area contributed by atoms with Crippen LogP contribution in [0.2, 0.25) is 5.02 Å². The number of halogens is 1. The van der Waals surface area contributed by atoms with Crippen LogP contribution in [-0.4, -0.2) is 62.6 Å². The highest BCUT2D eigenvalue weighted by Crippen LogP contribution is 2.34. The number of unbranched alkanes of at least 4 members (excludes halogenated alkanes) is 1. The van der Waals surface area contributed by atoms with Crippen LogP contribution in [-0.2, 0) is 26.2 Å². The number of benzene rings is 2. The largest absolute Gasteiger partial charge is 0.495 e. The number of carbonyl (C=O) groups excluding carboxylic acids is 2. The molecule has 0 heterocycles. The Hall–Kier alpha value is -3.38. The molecule has 2 rings (SSSR count). The Bertz CT molecular complexity index is 1240. The number of nitro groups is 1. The van der Waals surface area contributed by atoms with Crippen molar-refractivity contribution in [1.29, 1.82) is 0 Å². The van der Waals surface area contributed by atoms with Crippen LogP contribution in [0.25, 0.3) is 0 Å². The fraction of sp³-hybridized carbons (Fsp3) is 0.440. The Morgan fingerprint density at radius 2 is 1.82 bits per heavy atom. The molecule has 0 unspecified atom stereocenters. The van der Waals surface area contributed by atoms with Crippen molar-refractivity contribution >= 4 is 44.8 Å². The summed E-state index contributed by atoms with van der Waals surface area (Å²) in [6.07, 6.45) is 2.80. The topological polar surface area (TPSA) is 139 Å². The maximum Gasteiger partial charge on any atom is 0.271 e. The van der Waals surface area contributed by atoms with Gasteiger partial charge in [-0.05, 0) is 36.6 Å². The molecule has 0 radical (unpaired) electrons. The van der Waals surface area contributed by atoms with E-state index in [0.29, 0.717) is 17.1 Å². The summed E-state index contributed by atoms with van der Waals surface area (Å²) < 4.78 is 31.6. The van der Waals surface area contributed by atoms with Gasteiger partial charge in [0.2, 0.25) is 21.8 Å². The van der Waals surface area contributed by atoms with Gasteiger partial charge in [-0.3, -0.25) is 24.0 Å². The van der Waals surface area contributed by atoms with Gasteiger partial charge in [-0.15, -0.1) is 0 Å². The molecule has 0 saturated carbocycles. The third-order valence-corrected chi connectivity index (χ3v) is 7.18. The van der Waals surface area contributed by atoms with Crippen molar-refractivity contribution < 1.29 is 27.7 Å². The average molecular weight is 569 g/mol. The lowest BCUT2D eigenvalue weighted by atomic mass is 10.1. The van der Waals surface area contributed by atoms with E-state index in [1.165, 1.54) is 24.1 Å². The van der Waals surface area contributed by atoms with Crippen LogP contribution < -0.4 is 14.4 Å². The highest BCUT2D eigenvalue weighted by atomic mass is 35.5. The van der Waals surface area contributed by atoms with Gasteiger partial charge >= 0.3 is 0 Å². The summed E-state index contributed by atoms with van der Waals surface area (Å²) in [7, 11) is -2.82. The average Bonchev–Trinajstić information content (AvgIpc) is 2.87. The van der Waals surface area contributed by atoms with Crippen LogP contribution in [0.4, 0.5) is 11.4 Å². The maximum atomic E-state index is 13.7. The second-order valence-corrected chi connectivity index (χ2v) is 10.9. The number of nitrogens with zero attached hydrogens (tertiary/aromatic N) is 3. The molecule has 0 aliphatic rings. The number of sulfonamides is 1. The van der Waals surface area contributed by atoms with Crippen LogP contribution in [0.15, 0.2) is 42.5 Å². The third kappa shape index (κ3) is 8.32. The number of ether oxygens (including phenoxy) is 1. The number of hydrogen-bond donors (Lipinski definition) is 1. The molecule has 0 aromatic heterocycles. The van der Waals surface area contributed by atoms with Gasteiger partial charge in [0, 0.05) is 30.2 Å². The first-order valence-electron chi connectivity index (χ1n) is 12.0. The molecule has 1 N–H and O–H groups in total. The summed E-state index contributed by atoms with van der Waals surface area (Å²) in [6.45, 7) is 3.49. The number of methoxy groups -OCH3 is 1. The number of hydrogen-bond acceptors (Lipinski definition) is 7. The van der Waals surface area contributed by atoms with Gasteiger partial charge in [0.15, 0.2) is 0 Å². The maximum absolute atomic E-state index is 13.7. The fourth-order valence-electron chi connectivity index (χ4n) is 3.79. The number of amides is 2. The molecule has 1 atom stereocenters. The molecular formula is C25H33ClN4O7S. The van der Waals surface area contributed by atoms with Gasteiger partial charge in [-0.1, -0.05) is 44.0 Å². The number of nitro benzene ring substituents is 1. The Labute approximate surface area is 227 Å². The van der Waals surface area contributed by atoms with Crippen molar-refractivity contribution in [3.05, 3.63) is 63.2 Å². The molecule has 0 aliphatic heterocycles. The van der Waals surface area contributed by atoms with Gasteiger partial charge in [-0.2, -0.15) is 0 Å². The van der Waals surface area contributed by atoms with E-state index in [0.717, 1.165) is 29.5 Å². The van der Waals surface area contributed by atoms with Gasteiger partial charge in [0.05, 0.1) is 18.3 Å². The Morgan fingerprint density at radius 3 is 2.34 bits per heavy atom. The molecule has 0 aliphatic carbocycles. The number of carbonyl (C=O) groups is 2. The number of rotatable bonds is 14. The third-order valence-electron chi connectivity index (χ3n) is 5.80. The molecule has 2 aromatic rings. The lowest BCUT2D eigenvalue weighted by Crippen LogP contribution is -2.52. The number of non-ortho nitro benzene ring substituents is 1. The molecule has 208 valence electrons. The van der Waals surface area contributed by atoms with Crippen molar-refractivity contribution in [1.82, 2.24) is 10.2 Å². The monoisotopic (exact) mass is 568 g/mol. The summed E-state index contributed by atoms with van der Waals surface area (Å²) >= 11 is 5.99. The van der Waals surface area contributed by atoms with Gasteiger partial charge < -0.3 is 15.0 Å². The number of nitrogens with one attached hydrogen (secondary N) is 1. The molecule has 0 fully saturated rings. The second-order valence-electron chi connectivity index (χ2n) is 8.60. The van der Waals surface area contributed by atoms with Crippen LogP contribution in [0.3, 0.4) is 0 Å². The fourth-order valence-corrected chi connectivity index (χ4v) is 4.76. The van der Waals surface area contributed by atoms with E-state index in [1.807, 2.05) is 6.92 Å². The van der Waals surface area contributed by atoms with Crippen molar-refractivity contribution in [2.24, 2.45) is 0 Å². The first kappa shape index (κ1) is 30.8. The quantitative estimate of drug-likeness (QED) is 0.208. The normalized spacial score (nSPS) is 11.9. The lowest BCUT2D eigenvalue weighted by molar-refractivity contribution is -0.384. The predicted octanol–water partition coefficient (Wildman–Crippen LogP) is 3.75. The van der Waals surface area contributed by atoms with E-state index >= 15 is 0 Å². The second kappa shape index (κ2) is 14.0. The van der Waals surface area contributed by atoms with E-state index in [-0.39, 0.29) is 36.0 Å². The molecular weight excluding hydrogens is 536 g/mol. The van der Waals surface area contributed by atoms with Crippen molar-refractivity contribution in [2.45, 2.75) is 45.7 Å². The van der Waals surface area contributed by atoms with Crippen LogP contribution in [0.1, 0.15) is 38.7 Å². The summed E-state index contributed by atoms with van der Waals surface area (Å²) in [6, 6.07) is 9.30.